The molecule has 32 aromatic rings. The van der Waals surface area contributed by atoms with Gasteiger partial charge >= 0.3 is 0 Å². The highest BCUT2D eigenvalue weighted by Crippen LogP contribution is 2.48. The average Bonchev–Trinajstić information content (AvgIpc) is 1.57. The van der Waals surface area contributed by atoms with E-state index in [9.17, 15) is 0 Å². The van der Waals surface area contributed by atoms with E-state index < -0.39 is 0 Å². The second kappa shape index (κ2) is 34.5. The predicted octanol–water partition coefficient (Wildman–Crippen LogP) is 35.7. The Morgan fingerprint density at radius 2 is 0.354 bits per heavy atom. The van der Waals surface area contributed by atoms with Crippen LogP contribution < -0.4 is 0 Å². The highest BCUT2D eigenvalue weighted by Gasteiger charge is 2.27. The molecule has 0 amide bonds. The van der Waals surface area contributed by atoms with Crippen LogP contribution in [-0.2, 0) is 41.8 Å². The lowest BCUT2D eigenvalue weighted by atomic mass is 10.1. The first-order valence-corrected chi connectivity index (χ1v) is 50.9. The van der Waals surface area contributed by atoms with Crippen LogP contribution in [0.5, 0.6) is 0 Å². The van der Waals surface area contributed by atoms with Crippen LogP contribution in [0.2, 0.25) is 0 Å². The highest BCUT2D eigenvalue weighted by molar-refractivity contribution is 6.29. The van der Waals surface area contributed by atoms with Crippen LogP contribution in [0.15, 0.2) is 485 Å². The van der Waals surface area contributed by atoms with Crippen molar-refractivity contribution in [1.82, 2.24) is 45.7 Å². The molecule has 0 N–H and O–H groups in total. The first kappa shape index (κ1) is 86.0. The Bertz CT molecular complexity index is 10900. The smallest absolute Gasteiger partial charge is 0.0785 e. The van der Waals surface area contributed by atoms with E-state index in [0.29, 0.717) is 0 Å². The molecule has 10 heteroatoms. The number of fused-ring (bicyclic) bond motifs is 36. The maximum atomic E-state index is 2.45. The fourth-order valence-corrected chi connectivity index (χ4v) is 24.8. The van der Waals surface area contributed by atoms with Gasteiger partial charge in [0.05, 0.1) is 77.2 Å². The van der Waals surface area contributed by atoms with Gasteiger partial charge < -0.3 is 45.7 Å². The number of aryl methyl sites for hydroxylation is 6. The number of benzene rings is 22. The molecule has 0 atom stereocenters. The second-order valence-corrected chi connectivity index (χ2v) is 39.0. The number of rotatable bonds is 7. The molecule has 0 radical (unpaired) electrons. The van der Waals surface area contributed by atoms with Gasteiger partial charge in [0, 0.05) is 205 Å². The van der Waals surface area contributed by atoms with E-state index >= 15 is 0 Å². The molecule has 0 spiro atoms. The molecule has 0 unspecified atom stereocenters. The van der Waals surface area contributed by atoms with Gasteiger partial charge in [-0.3, -0.25) is 0 Å². The zero-order valence-corrected chi connectivity index (χ0v) is 82.4. The van der Waals surface area contributed by atoms with E-state index in [0.717, 1.165) is 6.54 Å². The summed E-state index contributed by atoms with van der Waals surface area (Å²) in [6.45, 7) is 3.21. The van der Waals surface area contributed by atoms with Gasteiger partial charge in [-0.25, -0.2) is 0 Å². The van der Waals surface area contributed by atoms with Crippen molar-refractivity contribution >= 4 is 229 Å². The molecule has 0 aliphatic heterocycles. The summed E-state index contributed by atoms with van der Waals surface area (Å²) in [5.41, 5.74) is 35.2. The molecular formula is C137H100N10. The zero-order valence-electron chi connectivity index (χ0n) is 82.4. The van der Waals surface area contributed by atoms with Crippen LogP contribution in [0.1, 0.15) is 6.92 Å². The Balaban J connectivity index is 0.0000000893. The summed E-state index contributed by atoms with van der Waals surface area (Å²) in [6, 6.07) is 175. The maximum Gasteiger partial charge on any atom is 0.0785 e. The molecule has 0 aliphatic carbocycles. The van der Waals surface area contributed by atoms with E-state index in [1.165, 1.54) is 274 Å². The van der Waals surface area contributed by atoms with Crippen LogP contribution in [-0.4, -0.2) is 45.7 Å². The zero-order chi connectivity index (χ0) is 97.9. The molecule has 698 valence electrons. The van der Waals surface area contributed by atoms with Crippen LogP contribution in [0.3, 0.4) is 0 Å². The summed E-state index contributed by atoms with van der Waals surface area (Å²) in [7, 11) is 10.9. The van der Waals surface area contributed by atoms with Gasteiger partial charge in [0.25, 0.3) is 0 Å². The molecule has 0 fully saturated rings. The van der Waals surface area contributed by atoms with Gasteiger partial charge in [-0.2, -0.15) is 0 Å². The highest BCUT2D eigenvalue weighted by atomic mass is 15.1. The third-order valence-electron chi connectivity index (χ3n) is 31.4. The Morgan fingerprint density at radius 3 is 0.701 bits per heavy atom. The summed E-state index contributed by atoms with van der Waals surface area (Å²) < 4.78 is 23.9. The fourth-order valence-electron chi connectivity index (χ4n) is 24.8. The van der Waals surface area contributed by atoms with Crippen LogP contribution in [0.4, 0.5) is 0 Å². The van der Waals surface area contributed by atoms with Crippen molar-refractivity contribution in [2.45, 2.75) is 13.5 Å². The van der Waals surface area contributed by atoms with Gasteiger partial charge in [-0.05, 0) is 149 Å². The standard InChI is InChI=1S/2C31H22N2.C29H20N2.C25H18N2.C21H18N2/c1-32-28-16-7-5-14-24(28)26-18-19-27-25-15-6-8-17-29(25)33(31(27)30(26)32)23-13-9-12-22(20-23)21-10-3-2-4-11-21;1-32-28-13-7-5-11-24(28)26-19-20-27-25-12-6-8-14-29(25)33(31(27)30(26)32)23-17-15-22(16-18-23)21-9-3-2-4-10-21;1-30-26-12-6-4-10-22(26)24-16-17-25-23-11-5-7-13-27(23)31(29(25)28(24)30)21-15-14-19-8-2-3-9-20(19)18-21;1-26-22-13-7-5-11-18(22)20-15-16-21-19-12-6-8-14-23(19)27(25(21)24(20)26)17-9-3-2-4-10-17;1-3-23-19-11-7-5-9-15(19)17-13-12-16-14-8-4-6-10-18(14)22(2)20(16)21(17)23/h2*2-20H,1H3;2-18H,1H3;2-16H,1H3;4-13H,3H2,1-2H3. The molecule has 22 aromatic carbocycles. The lowest BCUT2D eigenvalue weighted by Crippen LogP contribution is -1.97. The second-order valence-electron chi connectivity index (χ2n) is 39.0. The predicted molar refractivity (Wildman–Crippen MR) is 627 cm³/mol. The number of para-hydroxylation sites is 11. The lowest BCUT2D eigenvalue weighted by molar-refractivity contribution is 0.826. The largest absolute Gasteiger partial charge is 0.342 e. The van der Waals surface area contributed by atoms with Crippen LogP contribution in [0.25, 0.3) is 274 Å². The van der Waals surface area contributed by atoms with E-state index in [1.54, 1.807) is 0 Å². The molecule has 0 bridgehead atoms. The minimum atomic E-state index is 0.977. The van der Waals surface area contributed by atoms with Gasteiger partial charge in [0.2, 0.25) is 0 Å². The van der Waals surface area contributed by atoms with Crippen molar-refractivity contribution in [3.05, 3.63) is 485 Å². The third-order valence-corrected chi connectivity index (χ3v) is 31.4. The van der Waals surface area contributed by atoms with Gasteiger partial charge in [0.15, 0.2) is 0 Å². The van der Waals surface area contributed by atoms with Crippen molar-refractivity contribution in [1.29, 1.82) is 0 Å². The molecule has 0 aliphatic rings. The number of hydrogen-bond acceptors (Lipinski definition) is 0. The van der Waals surface area contributed by atoms with Crippen LogP contribution >= 0.6 is 0 Å². The first-order chi connectivity index (χ1) is 72.6. The molecule has 10 heterocycles. The Kier molecular flexibility index (Phi) is 20.2. The molecule has 10 nitrogen and oxygen atoms in total. The SMILES string of the molecule is CCn1c2ccccc2c2ccc3c4ccccc4n(C)c3c21.Cn1c2ccccc2c2ccc3c4ccccc4n(-c4ccc(-c5ccccc5)cc4)c3c21.Cn1c2ccccc2c2ccc3c4ccccc4n(-c4ccc5ccccc5c4)c3c21.Cn1c2ccccc2c2ccc3c4ccccc4n(-c4cccc(-c5ccccc5)c4)c3c21.Cn1c2ccccc2c2ccc3c4ccccc4n(-c4ccccc4)c3c21. The third kappa shape index (κ3) is 13.3. The quantitative estimate of drug-likeness (QED) is 0.153. The summed E-state index contributed by atoms with van der Waals surface area (Å²) in [4.78, 5) is 0. The fraction of sp³-hybridized carbons (Fsp3) is 0.0511. The molecule has 0 saturated heterocycles. The average molecular weight is 1890 g/mol. The normalized spacial score (nSPS) is 11.9. The van der Waals surface area contributed by atoms with Crippen molar-refractivity contribution in [3.8, 4) is 45.0 Å². The van der Waals surface area contributed by atoms with Crippen molar-refractivity contribution in [3.63, 3.8) is 0 Å². The van der Waals surface area contributed by atoms with E-state index in [1.807, 2.05) is 0 Å². The van der Waals surface area contributed by atoms with Gasteiger partial charge in [-0.15, -0.1) is 0 Å². The topological polar surface area (TPSA) is 49.3 Å². The summed E-state index contributed by atoms with van der Waals surface area (Å²) in [5.74, 6) is 0. The van der Waals surface area contributed by atoms with Gasteiger partial charge in [-0.1, -0.05) is 376 Å². The van der Waals surface area contributed by atoms with Crippen molar-refractivity contribution in [2.75, 3.05) is 0 Å². The summed E-state index contributed by atoms with van der Waals surface area (Å²) in [6.07, 6.45) is 0. The monoisotopic (exact) mass is 1880 g/mol. The van der Waals surface area contributed by atoms with E-state index in [-0.39, 0.29) is 0 Å². The van der Waals surface area contributed by atoms with Gasteiger partial charge in [0.1, 0.15) is 0 Å². The molecular weight excluding hydrogens is 1790 g/mol. The minimum Gasteiger partial charge on any atom is -0.342 e. The maximum absolute atomic E-state index is 2.45. The number of aromatic nitrogens is 10. The van der Waals surface area contributed by atoms with E-state index in [4.69, 9.17) is 0 Å². The minimum absolute atomic E-state index is 0.977. The summed E-state index contributed by atoms with van der Waals surface area (Å²) in [5, 5.41) is 28.6. The summed E-state index contributed by atoms with van der Waals surface area (Å²) >= 11 is 0. The number of hydrogen-bond donors (Lipinski definition) is 0. The molecule has 147 heavy (non-hydrogen) atoms. The molecule has 32 rings (SSSR count). The molecule has 10 aromatic heterocycles. The number of nitrogens with zero attached hydrogens (tertiary/aromatic N) is 10. The first-order valence-electron chi connectivity index (χ1n) is 50.9. The van der Waals surface area contributed by atoms with E-state index in [2.05, 4.69) is 573 Å². The lowest BCUT2D eigenvalue weighted by Gasteiger charge is -2.12. The van der Waals surface area contributed by atoms with Crippen LogP contribution in [0, 0.1) is 0 Å². The Labute approximate surface area is 847 Å². The van der Waals surface area contributed by atoms with Crippen molar-refractivity contribution in [2.24, 2.45) is 35.2 Å². The molecule has 0 saturated carbocycles. The Hall–Kier alpha value is -18.9. The van der Waals surface area contributed by atoms with Crippen molar-refractivity contribution < 1.29 is 0 Å². The Morgan fingerprint density at radius 1 is 0.136 bits per heavy atom.